The van der Waals surface area contributed by atoms with Crippen LogP contribution in [0.1, 0.15) is 11.1 Å². The number of H-pyrrole nitrogens is 1. The Morgan fingerprint density at radius 2 is 1.43 bits per heavy atom. The van der Waals surface area contributed by atoms with Gasteiger partial charge in [-0.05, 0) is 49.2 Å². The van der Waals surface area contributed by atoms with Crippen molar-refractivity contribution in [2.24, 2.45) is 7.05 Å². The van der Waals surface area contributed by atoms with E-state index in [-0.39, 0.29) is 0 Å². The van der Waals surface area contributed by atoms with Crippen molar-refractivity contribution in [2.45, 2.75) is 13.8 Å². The van der Waals surface area contributed by atoms with Crippen LogP contribution in [0.5, 0.6) is 0 Å². The van der Waals surface area contributed by atoms with Crippen LogP contribution in [-0.4, -0.2) is 30.4 Å². The lowest BCUT2D eigenvalue weighted by atomic mass is 10.2. The highest BCUT2D eigenvalue weighted by molar-refractivity contribution is 6.32. The molecule has 2 heterocycles. The maximum Gasteiger partial charge on any atom is 0.114 e. The first-order chi connectivity index (χ1) is 11.0. The first-order valence-corrected chi connectivity index (χ1v) is 7.63. The van der Waals surface area contributed by atoms with Crippen LogP contribution in [0.4, 0.5) is 0 Å². The van der Waals surface area contributed by atoms with Crippen LogP contribution < -0.4 is 0 Å². The van der Waals surface area contributed by atoms with Crippen LogP contribution in [0.15, 0.2) is 24.3 Å². The Morgan fingerprint density at radius 3 is 2.13 bits per heavy atom. The number of halogens is 2. The van der Waals surface area contributed by atoms with E-state index in [9.17, 15) is 0 Å². The molecule has 0 aliphatic carbocycles. The number of nitrogens with zero attached hydrogens (tertiary/aromatic N) is 5. The van der Waals surface area contributed by atoms with Gasteiger partial charge in [0.2, 0.25) is 0 Å². The molecule has 0 radical (unpaired) electrons. The summed E-state index contributed by atoms with van der Waals surface area (Å²) in [5.41, 5.74) is 5.58. The molecule has 0 atom stereocenters. The summed E-state index contributed by atoms with van der Waals surface area (Å²) in [5.74, 6) is 0. The summed E-state index contributed by atoms with van der Waals surface area (Å²) in [4.78, 5) is 0. The zero-order valence-electron chi connectivity index (χ0n) is 12.8. The minimum Gasteiger partial charge on any atom is -0.248 e. The van der Waals surface area contributed by atoms with Crippen molar-refractivity contribution < 1.29 is 0 Å². The van der Waals surface area contributed by atoms with Crippen LogP contribution in [0.2, 0.25) is 10.0 Å². The Morgan fingerprint density at radius 1 is 0.870 bits per heavy atom. The molecule has 8 heteroatoms. The molecule has 0 saturated carbocycles. The van der Waals surface area contributed by atoms with Gasteiger partial charge in [-0.3, -0.25) is 0 Å². The summed E-state index contributed by atoms with van der Waals surface area (Å²) in [5, 5.41) is 19.7. The van der Waals surface area contributed by atoms with Gasteiger partial charge in [-0.15, -0.1) is 5.10 Å². The molecule has 0 amide bonds. The summed E-state index contributed by atoms with van der Waals surface area (Å²) in [6.07, 6.45) is 0. The summed E-state index contributed by atoms with van der Waals surface area (Å²) in [7, 11) is 1.86. The maximum atomic E-state index is 5.92. The zero-order valence-corrected chi connectivity index (χ0v) is 14.3. The Kier molecular flexibility index (Phi) is 4.19. The van der Waals surface area contributed by atoms with E-state index in [1.807, 2.05) is 39.1 Å². The van der Waals surface area contributed by atoms with E-state index in [2.05, 4.69) is 25.7 Å². The second-order valence-corrected chi connectivity index (χ2v) is 6.03. The zero-order chi connectivity index (χ0) is 16.6. The normalized spacial score (nSPS) is 10.8. The molecule has 0 bridgehead atoms. The van der Waals surface area contributed by atoms with Crippen molar-refractivity contribution >= 4 is 45.3 Å². The number of aromatic nitrogens is 6. The molecule has 0 saturated heterocycles. The highest BCUT2D eigenvalue weighted by atomic mass is 35.5. The highest BCUT2D eigenvalue weighted by Crippen LogP contribution is 2.21. The van der Waals surface area contributed by atoms with Crippen molar-refractivity contribution in [3.05, 3.63) is 45.4 Å². The lowest BCUT2D eigenvalue weighted by molar-refractivity contribution is 0.736. The molecular formula is C15H14Cl2N6. The maximum absolute atomic E-state index is 5.92. The van der Waals surface area contributed by atoms with Crippen LogP contribution in [0.3, 0.4) is 0 Å². The van der Waals surface area contributed by atoms with E-state index < -0.39 is 0 Å². The predicted octanol–water partition coefficient (Wildman–Crippen LogP) is 3.85. The molecular weight excluding hydrogens is 335 g/mol. The van der Waals surface area contributed by atoms with Gasteiger partial charge in [0.15, 0.2) is 0 Å². The van der Waals surface area contributed by atoms with Gasteiger partial charge in [0.1, 0.15) is 16.6 Å². The molecule has 4 aromatic rings. The molecule has 23 heavy (non-hydrogen) atoms. The van der Waals surface area contributed by atoms with Gasteiger partial charge in [-0.1, -0.05) is 28.4 Å². The molecule has 2 aromatic heterocycles. The number of fused-ring (bicyclic) bond motifs is 2. The first kappa shape index (κ1) is 15.7. The smallest absolute Gasteiger partial charge is 0.114 e. The topological polar surface area (TPSA) is 72.3 Å². The SMILES string of the molecule is Cc1cc2c(cc1Cl)nnn2C.Cc1cc2n[nH]nc2cc1Cl. The third-order valence-corrected chi connectivity index (χ3v) is 4.30. The summed E-state index contributed by atoms with van der Waals surface area (Å²) in [6.45, 7) is 3.91. The van der Waals surface area contributed by atoms with Gasteiger partial charge >= 0.3 is 0 Å². The van der Waals surface area contributed by atoms with E-state index in [1.54, 1.807) is 10.7 Å². The molecule has 1 N–H and O–H groups in total. The average molecular weight is 349 g/mol. The standard InChI is InChI=1S/C8H8ClN3.C7H6ClN3/c1-5-3-8-7(4-6(5)9)10-11-12(8)2;1-4-2-6-7(3-5(4)8)10-11-9-6/h3-4H,1-2H3;2-3H,1H3,(H,9,10,11). The third kappa shape index (κ3) is 3.13. The van der Waals surface area contributed by atoms with E-state index in [0.717, 1.165) is 43.2 Å². The molecule has 118 valence electrons. The minimum absolute atomic E-state index is 0.728. The van der Waals surface area contributed by atoms with Crippen molar-refractivity contribution in [3.63, 3.8) is 0 Å². The Balaban J connectivity index is 0.000000136. The lowest BCUT2D eigenvalue weighted by Crippen LogP contribution is -1.89. The van der Waals surface area contributed by atoms with E-state index in [4.69, 9.17) is 23.2 Å². The molecule has 2 aromatic carbocycles. The van der Waals surface area contributed by atoms with Gasteiger partial charge in [-0.25, -0.2) is 4.68 Å². The second kappa shape index (κ2) is 6.14. The van der Waals surface area contributed by atoms with Gasteiger partial charge < -0.3 is 0 Å². The number of hydrogen-bond donors (Lipinski definition) is 1. The quantitative estimate of drug-likeness (QED) is 0.523. The van der Waals surface area contributed by atoms with E-state index in [1.165, 1.54) is 0 Å². The minimum atomic E-state index is 0.728. The Bertz CT molecular complexity index is 952. The number of nitrogens with one attached hydrogen (secondary N) is 1. The summed E-state index contributed by atoms with van der Waals surface area (Å²) in [6, 6.07) is 7.52. The Labute approximate surface area is 142 Å². The molecule has 6 nitrogen and oxygen atoms in total. The number of hydrogen-bond acceptors (Lipinski definition) is 4. The van der Waals surface area contributed by atoms with Crippen LogP contribution in [0, 0.1) is 13.8 Å². The van der Waals surface area contributed by atoms with E-state index in [0.29, 0.717) is 0 Å². The fraction of sp³-hybridized carbons (Fsp3) is 0.200. The van der Waals surface area contributed by atoms with Gasteiger partial charge in [0.25, 0.3) is 0 Å². The summed E-state index contributed by atoms with van der Waals surface area (Å²) < 4.78 is 1.73. The van der Waals surface area contributed by atoms with Crippen molar-refractivity contribution in [2.75, 3.05) is 0 Å². The number of rotatable bonds is 0. The third-order valence-electron chi connectivity index (χ3n) is 3.49. The monoisotopic (exact) mass is 348 g/mol. The van der Waals surface area contributed by atoms with Crippen molar-refractivity contribution in [1.82, 2.24) is 30.4 Å². The molecule has 0 aliphatic rings. The second-order valence-electron chi connectivity index (χ2n) is 5.22. The van der Waals surface area contributed by atoms with Gasteiger partial charge in [0.05, 0.1) is 5.52 Å². The molecule has 4 rings (SSSR count). The predicted molar refractivity (Wildman–Crippen MR) is 91.9 cm³/mol. The average Bonchev–Trinajstić information content (AvgIpc) is 3.09. The first-order valence-electron chi connectivity index (χ1n) is 6.88. The Hall–Kier alpha value is -2.18. The largest absolute Gasteiger partial charge is 0.248 e. The molecule has 0 unspecified atom stereocenters. The number of benzene rings is 2. The van der Waals surface area contributed by atoms with Gasteiger partial charge in [0, 0.05) is 17.1 Å². The molecule has 0 aliphatic heterocycles. The lowest BCUT2D eigenvalue weighted by Gasteiger charge is -1.96. The van der Waals surface area contributed by atoms with Crippen molar-refractivity contribution in [1.29, 1.82) is 0 Å². The number of aryl methyl sites for hydroxylation is 3. The molecule has 0 fully saturated rings. The van der Waals surface area contributed by atoms with Crippen LogP contribution in [-0.2, 0) is 7.05 Å². The fourth-order valence-corrected chi connectivity index (χ4v) is 2.44. The van der Waals surface area contributed by atoms with E-state index >= 15 is 0 Å². The molecule has 0 spiro atoms. The number of aromatic amines is 1. The summed E-state index contributed by atoms with van der Waals surface area (Å²) >= 11 is 11.8. The van der Waals surface area contributed by atoms with Gasteiger partial charge in [-0.2, -0.15) is 15.4 Å². The highest BCUT2D eigenvalue weighted by Gasteiger charge is 2.04. The van der Waals surface area contributed by atoms with Crippen LogP contribution >= 0.6 is 23.2 Å². The van der Waals surface area contributed by atoms with Crippen molar-refractivity contribution in [3.8, 4) is 0 Å². The fourth-order valence-electron chi connectivity index (χ4n) is 2.13. The van der Waals surface area contributed by atoms with Crippen LogP contribution in [0.25, 0.3) is 22.1 Å².